The van der Waals surface area contributed by atoms with E-state index in [-0.39, 0.29) is 0 Å². The lowest BCUT2D eigenvalue weighted by Gasteiger charge is -2.02. The summed E-state index contributed by atoms with van der Waals surface area (Å²) in [5.41, 5.74) is 0.854. The number of hydrogen-bond donors (Lipinski definition) is 1. The largest absolute Gasteiger partial charge is 0.497 e. The summed E-state index contributed by atoms with van der Waals surface area (Å²) < 4.78 is 10.4. The quantitative estimate of drug-likeness (QED) is 0.830. The highest BCUT2D eigenvalue weighted by molar-refractivity contribution is 6.17. The van der Waals surface area contributed by atoms with Crippen LogP contribution in [0, 0.1) is 0 Å². The number of methoxy groups -OCH3 is 1. The van der Waals surface area contributed by atoms with Gasteiger partial charge in [0.1, 0.15) is 5.75 Å². The first-order valence-corrected chi connectivity index (χ1v) is 5.64. The van der Waals surface area contributed by atoms with Gasteiger partial charge in [0.15, 0.2) is 0 Å². The minimum absolute atomic E-state index is 0.357. The Balaban J connectivity index is 2.03. The molecule has 1 heterocycles. The van der Waals surface area contributed by atoms with Crippen molar-refractivity contribution in [1.29, 1.82) is 0 Å². The molecule has 90 valence electrons. The summed E-state index contributed by atoms with van der Waals surface area (Å²) in [5, 5.41) is 10.7. The Hall–Kier alpha value is -1.75. The van der Waals surface area contributed by atoms with E-state index >= 15 is 0 Å². The number of hydrogen-bond acceptors (Lipinski definition) is 5. The van der Waals surface area contributed by atoms with E-state index in [9.17, 15) is 0 Å². The molecule has 0 unspecified atom stereocenters. The fourth-order valence-electron chi connectivity index (χ4n) is 1.28. The van der Waals surface area contributed by atoms with Gasteiger partial charge in [0, 0.05) is 18.0 Å². The van der Waals surface area contributed by atoms with Crippen molar-refractivity contribution >= 4 is 23.3 Å². The molecule has 6 heteroatoms. The highest BCUT2D eigenvalue weighted by Gasteiger charge is 2.05. The van der Waals surface area contributed by atoms with Crippen LogP contribution in [0.2, 0.25) is 0 Å². The van der Waals surface area contributed by atoms with Crippen molar-refractivity contribution in [2.45, 2.75) is 6.42 Å². The summed E-state index contributed by atoms with van der Waals surface area (Å²) in [7, 11) is 1.62. The smallest absolute Gasteiger partial charge is 0.320 e. The van der Waals surface area contributed by atoms with Crippen LogP contribution in [-0.2, 0) is 6.42 Å². The van der Waals surface area contributed by atoms with E-state index in [1.807, 2.05) is 24.3 Å². The van der Waals surface area contributed by atoms with Crippen LogP contribution < -0.4 is 10.1 Å². The third kappa shape index (κ3) is 3.10. The third-order valence-corrected chi connectivity index (χ3v) is 2.31. The van der Waals surface area contributed by atoms with Crippen molar-refractivity contribution in [3.8, 4) is 5.75 Å². The summed E-state index contributed by atoms with van der Waals surface area (Å²) in [6.45, 7) is 0. The Morgan fingerprint density at radius 2 is 2.06 bits per heavy atom. The van der Waals surface area contributed by atoms with Gasteiger partial charge in [-0.25, -0.2) is 0 Å². The molecule has 2 rings (SSSR count). The van der Waals surface area contributed by atoms with Gasteiger partial charge in [0.25, 0.3) is 0 Å². The second kappa shape index (κ2) is 5.54. The summed E-state index contributed by atoms with van der Waals surface area (Å²) in [4.78, 5) is 0. The van der Waals surface area contributed by atoms with Gasteiger partial charge in [-0.2, -0.15) is 0 Å². The lowest BCUT2D eigenvalue weighted by Crippen LogP contribution is -1.90. The van der Waals surface area contributed by atoms with Crippen molar-refractivity contribution in [1.82, 2.24) is 10.2 Å². The molecule has 2 aromatic rings. The Labute approximate surface area is 104 Å². The first kappa shape index (κ1) is 11.7. The van der Waals surface area contributed by atoms with Crippen LogP contribution in [0.4, 0.5) is 11.7 Å². The van der Waals surface area contributed by atoms with Crippen LogP contribution in [0.5, 0.6) is 5.75 Å². The predicted octanol–water partition coefficient (Wildman–Crippen LogP) is 2.60. The standard InChI is InChI=1S/C11H12ClN3O2/c1-16-9-4-2-8(3-5-9)13-11-15-14-10(17-11)6-7-12/h2-5H,6-7H2,1H3,(H,13,15). The number of ether oxygens (including phenoxy) is 1. The topological polar surface area (TPSA) is 60.2 Å². The average Bonchev–Trinajstić information content (AvgIpc) is 2.78. The molecule has 0 aliphatic heterocycles. The number of halogens is 1. The van der Waals surface area contributed by atoms with Crippen molar-refractivity contribution in [2.75, 3.05) is 18.3 Å². The summed E-state index contributed by atoms with van der Waals surface area (Å²) in [6.07, 6.45) is 0.568. The predicted molar refractivity (Wildman–Crippen MR) is 65.0 cm³/mol. The molecule has 0 aliphatic carbocycles. The highest BCUT2D eigenvalue weighted by Crippen LogP contribution is 2.19. The lowest BCUT2D eigenvalue weighted by molar-refractivity contribution is 0.415. The van der Waals surface area contributed by atoms with E-state index in [1.54, 1.807) is 7.11 Å². The van der Waals surface area contributed by atoms with E-state index in [2.05, 4.69) is 15.5 Å². The Morgan fingerprint density at radius 3 is 2.71 bits per heavy atom. The Bertz CT molecular complexity index is 470. The zero-order valence-electron chi connectivity index (χ0n) is 9.31. The van der Waals surface area contributed by atoms with E-state index in [4.69, 9.17) is 20.8 Å². The minimum Gasteiger partial charge on any atom is -0.497 e. The number of alkyl halides is 1. The second-order valence-electron chi connectivity index (χ2n) is 3.29. The van der Waals surface area contributed by atoms with Crippen LogP contribution in [0.3, 0.4) is 0 Å². The van der Waals surface area contributed by atoms with Crippen molar-refractivity contribution in [2.24, 2.45) is 0 Å². The minimum atomic E-state index is 0.357. The van der Waals surface area contributed by atoms with Crippen molar-refractivity contribution < 1.29 is 9.15 Å². The van der Waals surface area contributed by atoms with Crippen LogP contribution in [0.1, 0.15) is 5.89 Å². The average molecular weight is 254 g/mol. The first-order valence-electron chi connectivity index (χ1n) is 5.11. The van der Waals surface area contributed by atoms with Crippen LogP contribution in [0.25, 0.3) is 0 Å². The number of benzene rings is 1. The van der Waals surface area contributed by atoms with Crippen LogP contribution in [0.15, 0.2) is 28.7 Å². The number of rotatable bonds is 5. The molecule has 17 heavy (non-hydrogen) atoms. The van der Waals surface area contributed by atoms with Crippen LogP contribution in [-0.4, -0.2) is 23.2 Å². The Morgan fingerprint density at radius 1 is 1.29 bits per heavy atom. The Kier molecular flexibility index (Phi) is 3.82. The van der Waals surface area contributed by atoms with Gasteiger partial charge in [0.2, 0.25) is 5.89 Å². The molecule has 1 aromatic heterocycles. The maximum Gasteiger partial charge on any atom is 0.320 e. The molecule has 0 amide bonds. The SMILES string of the molecule is COc1ccc(Nc2nnc(CCCl)o2)cc1. The number of aromatic nitrogens is 2. The third-order valence-electron chi connectivity index (χ3n) is 2.12. The molecule has 1 N–H and O–H groups in total. The molecule has 1 aromatic carbocycles. The molecule has 5 nitrogen and oxygen atoms in total. The summed E-state index contributed by atoms with van der Waals surface area (Å²) in [5.74, 6) is 1.78. The van der Waals surface area contributed by atoms with E-state index in [0.29, 0.717) is 24.2 Å². The van der Waals surface area contributed by atoms with E-state index in [0.717, 1.165) is 11.4 Å². The zero-order chi connectivity index (χ0) is 12.1. The highest BCUT2D eigenvalue weighted by atomic mass is 35.5. The van der Waals surface area contributed by atoms with Gasteiger partial charge in [0.05, 0.1) is 7.11 Å². The number of nitrogens with one attached hydrogen (secondary N) is 1. The number of aryl methyl sites for hydroxylation is 1. The van der Waals surface area contributed by atoms with E-state index in [1.165, 1.54) is 0 Å². The molecular weight excluding hydrogens is 242 g/mol. The monoisotopic (exact) mass is 253 g/mol. The normalized spacial score (nSPS) is 10.2. The zero-order valence-corrected chi connectivity index (χ0v) is 10.1. The van der Waals surface area contributed by atoms with E-state index < -0.39 is 0 Å². The first-order chi connectivity index (χ1) is 8.31. The van der Waals surface area contributed by atoms with Crippen molar-refractivity contribution in [3.63, 3.8) is 0 Å². The maximum atomic E-state index is 5.58. The van der Waals surface area contributed by atoms with Gasteiger partial charge in [-0.3, -0.25) is 0 Å². The maximum absolute atomic E-state index is 5.58. The molecule has 0 atom stereocenters. The molecule has 0 fully saturated rings. The second-order valence-corrected chi connectivity index (χ2v) is 3.67. The number of anilines is 2. The van der Waals surface area contributed by atoms with Gasteiger partial charge in [-0.15, -0.1) is 16.7 Å². The molecule has 0 radical (unpaired) electrons. The van der Waals surface area contributed by atoms with Gasteiger partial charge in [-0.1, -0.05) is 5.10 Å². The fraction of sp³-hybridized carbons (Fsp3) is 0.273. The summed E-state index contributed by atoms with van der Waals surface area (Å²) in [6, 6.07) is 7.78. The van der Waals surface area contributed by atoms with Gasteiger partial charge in [-0.05, 0) is 24.3 Å². The molecule has 0 aliphatic rings. The number of nitrogens with zero attached hydrogens (tertiary/aromatic N) is 2. The molecular formula is C11H12ClN3O2. The van der Waals surface area contributed by atoms with Crippen molar-refractivity contribution in [3.05, 3.63) is 30.2 Å². The molecule has 0 saturated heterocycles. The van der Waals surface area contributed by atoms with Gasteiger partial charge < -0.3 is 14.5 Å². The van der Waals surface area contributed by atoms with Gasteiger partial charge >= 0.3 is 6.01 Å². The molecule has 0 spiro atoms. The summed E-state index contributed by atoms with van der Waals surface area (Å²) >= 11 is 5.58. The van der Waals surface area contributed by atoms with Crippen LogP contribution >= 0.6 is 11.6 Å². The molecule has 0 bridgehead atoms. The fourth-order valence-corrected chi connectivity index (χ4v) is 1.45. The lowest BCUT2D eigenvalue weighted by atomic mass is 10.3. The molecule has 0 saturated carbocycles.